The van der Waals surface area contributed by atoms with E-state index in [4.69, 9.17) is 9.73 Å². The number of nitrogens with zero attached hydrogens (tertiary/aromatic N) is 3. The van der Waals surface area contributed by atoms with E-state index in [1.807, 2.05) is 11.8 Å². The van der Waals surface area contributed by atoms with Crippen molar-refractivity contribution in [2.45, 2.75) is 32.9 Å². The Labute approximate surface area is 168 Å². The van der Waals surface area contributed by atoms with Crippen LogP contribution in [-0.2, 0) is 22.6 Å². The van der Waals surface area contributed by atoms with Gasteiger partial charge in [0.05, 0.1) is 26.3 Å². The number of carbonyl (C=O) groups excluding carboxylic acids is 1. The number of ether oxygens (including phenoxy) is 1. The van der Waals surface area contributed by atoms with E-state index < -0.39 is 0 Å². The van der Waals surface area contributed by atoms with Gasteiger partial charge in [0.2, 0.25) is 5.91 Å². The Hall–Kier alpha value is -2.12. The zero-order valence-electron chi connectivity index (χ0n) is 17.0. The molecule has 2 aliphatic rings. The van der Waals surface area contributed by atoms with E-state index in [0.29, 0.717) is 19.0 Å². The van der Waals surface area contributed by atoms with Crippen molar-refractivity contribution in [3.05, 3.63) is 35.4 Å². The van der Waals surface area contributed by atoms with Gasteiger partial charge in [-0.25, -0.2) is 4.99 Å². The van der Waals surface area contributed by atoms with Crippen molar-refractivity contribution in [1.82, 2.24) is 20.4 Å². The molecule has 0 radical (unpaired) electrons. The Balaban J connectivity index is 1.58. The molecule has 7 heteroatoms. The first-order valence-electron chi connectivity index (χ1n) is 10.4. The smallest absolute Gasteiger partial charge is 0.241 e. The summed E-state index contributed by atoms with van der Waals surface area (Å²) in [7, 11) is 0. The predicted octanol–water partition coefficient (Wildman–Crippen LogP) is 1.20. The van der Waals surface area contributed by atoms with Crippen molar-refractivity contribution in [3.63, 3.8) is 0 Å². The predicted molar refractivity (Wildman–Crippen MR) is 111 cm³/mol. The van der Waals surface area contributed by atoms with Gasteiger partial charge in [-0.1, -0.05) is 24.3 Å². The molecule has 0 unspecified atom stereocenters. The molecule has 2 fully saturated rings. The number of hydrogen-bond donors (Lipinski definition) is 2. The molecule has 28 heavy (non-hydrogen) atoms. The Morgan fingerprint density at radius 3 is 2.50 bits per heavy atom. The molecule has 3 rings (SSSR count). The molecule has 2 aliphatic heterocycles. The maximum Gasteiger partial charge on any atom is 0.241 e. The minimum Gasteiger partial charge on any atom is -0.379 e. The van der Waals surface area contributed by atoms with E-state index in [0.717, 1.165) is 65.3 Å². The molecule has 0 atom stereocenters. The summed E-state index contributed by atoms with van der Waals surface area (Å²) >= 11 is 0. The highest BCUT2D eigenvalue weighted by Gasteiger charge is 2.18. The largest absolute Gasteiger partial charge is 0.379 e. The van der Waals surface area contributed by atoms with Crippen LogP contribution < -0.4 is 10.6 Å². The zero-order valence-corrected chi connectivity index (χ0v) is 17.0. The van der Waals surface area contributed by atoms with Gasteiger partial charge in [-0.15, -0.1) is 0 Å². The Kier molecular flexibility index (Phi) is 8.11. The summed E-state index contributed by atoms with van der Waals surface area (Å²) in [6, 6.07) is 8.46. The van der Waals surface area contributed by atoms with Crippen LogP contribution in [0.15, 0.2) is 29.3 Å². The first-order valence-corrected chi connectivity index (χ1v) is 10.4. The number of amides is 1. The first-order chi connectivity index (χ1) is 13.8. The van der Waals surface area contributed by atoms with Gasteiger partial charge in [0, 0.05) is 39.3 Å². The van der Waals surface area contributed by atoms with Gasteiger partial charge in [-0.3, -0.25) is 9.69 Å². The highest BCUT2D eigenvalue weighted by Crippen LogP contribution is 2.14. The molecule has 0 saturated carbocycles. The van der Waals surface area contributed by atoms with Gasteiger partial charge in [-0.05, 0) is 30.9 Å². The number of hydrogen-bond acceptors (Lipinski definition) is 4. The molecular weight excluding hydrogens is 354 g/mol. The number of morpholine rings is 1. The number of aliphatic imine (C=N–C) groups is 1. The quantitative estimate of drug-likeness (QED) is 0.543. The highest BCUT2D eigenvalue weighted by molar-refractivity contribution is 5.86. The number of benzene rings is 1. The highest BCUT2D eigenvalue weighted by atomic mass is 16.5. The lowest BCUT2D eigenvalue weighted by Gasteiger charge is -2.27. The summed E-state index contributed by atoms with van der Waals surface area (Å²) in [6.07, 6.45) is 2.22. The van der Waals surface area contributed by atoms with Crippen LogP contribution in [-0.4, -0.2) is 74.1 Å². The second kappa shape index (κ2) is 11.0. The Morgan fingerprint density at radius 2 is 1.79 bits per heavy atom. The summed E-state index contributed by atoms with van der Waals surface area (Å²) in [6.45, 7) is 9.92. The molecule has 2 N–H and O–H groups in total. The van der Waals surface area contributed by atoms with Crippen LogP contribution in [0.3, 0.4) is 0 Å². The number of rotatable bonds is 7. The van der Waals surface area contributed by atoms with Crippen molar-refractivity contribution < 1.29 is 9.53 Å². The van der Waals surface area contributed by atoms with Crippen molar-refractivity contribution in [2.75, 3.05) is 52.5 Å². The summed E-state index contributed by atoms with van der Waals surface area (Å²) in [5, 5.41) is 6.43. The number of likely N-dealkylation sites (tertiary alicyclic amines) is 1. The van der Waals surface area contributed by atoms with Crippen LogP contribution in [0.5, 0.6) is 0 Å². The van der Waals surface area contributed by atoms with Crippen LogP contribution in [0.4, 0.5) is 0 Å². The normalized spacial score (nSPS) is 18.3. The van der Waals surface area contributed by atoms with Crippen LogP contribution >= 0.6 is 0 Å². The molecule has 2 saturated heterocycles. The van der Waals surface area contributed by atoms with E-state index in [9.17, 15) is 4.79 Å². The maximum absolute atomic E-state index is 12.3. The molecule has 2 heterocycles. The average Bonchev–Trinajstić information content (AvgIpc) is 3.27. The Bertz CT molecular complexity index is 652. The fourth-order valence-electron chi connectivity index (χ4n) is 3.61. The number of carbonyl (C=O) groups is 1. The molecule has 0 aliphatic carbocycles. The summed E-state index contributed by atoms with van der Waals surface area (Å²) in [4.78, 5) is 21.3. The van der Waals surface area contributed by atoms with Crippen molar-refractivity contribution in [2.24, 2.45) is 4.99 Å². The van der Waals surface area contributed by atoms with Crippen LogP contribution in [0, 0.1) is 0 Å². The van der Waals surface area contributed by atoms with Gasteiger partial charge in [-0.2, -0.15) is 0 Å². The lowest BCUT2D eigenvalue weighted by atomic mass is 10.1. The minimum atomic E-state index is 0.149. The molecule has 154 valence electrons. The van der Waals surface area contributed by atoms with Crippen molar-refractivity contribution in [1.29, 1.82) is 0 Å². The topological polar surface area (TPSA) is 69.2 Å². The fraction of sp³-hybridized carbons (Fsp3) is 0.619. The third kappa shape index (κ3) is 6.21. The van der Waals surface area contributed by atoms with Crippen molar-refractivity contribution >= 4 is 11.9 Å². The second-order valence-corrected chi connectivity index (χ2v) is 7.29. The number of nitrogens with one attached hydrogen (secondary N) is 2. The molecule has 0 bridgehead atoms. The van der Waals surface area contributed by atoms with E-state index >= 15 is 0 Å². The number of guanidine groups is 1. The molecule has 0 aromatic heterocycles. The minimum absolute atomic E-state index is 0.149. The van der Waals surface area contributed by atoms with Gasteiger partial charge in [0.15, 0.2) is 5.96 Å². The fourth-order valence-corrected chi connectivity index (χ4v) is 3.61. The van der Waals surface area contributed by atoms with E-state index in [1.54, 1.807) is 0 Å². The molecule has 0 spiro atoms. The standard InChI is InChI=1S/C21H33N5O2/c1-2-22-21(24-16-20(27)26-9-5-6-10-26)23-15-18-7-3-4-8-19(18)17-25-11-13-28-14-12-25/h3-4,7-8H,2,5-6,9-17H2,1H3,(H2,22,23,24). The lowest BCUT2D eigenvalue weighted by molar-refractivity contribution is -0.128. The first kappa shape index (κ1) is 20.6. The van der Waals surface area contributed by atoms with Crippen LogP contribution in [0.1, 0.15) is 30.9 Å². The lowest BCUT2D eigenvalue weighted by Crippen LogP contribution is -2.44. The summed E-state index contributed by atoms with van der Waals surface area (Å²) < 4.78 is 5.45. The van der Waals surface area contributed by atoms with Gasteiger partial charge in [0.25, 0.3) is 0 Å². The maximum atomic E-state index is 12.3. The summed E-state index contributed by atoms with van der Waals surface area (Å²) in [5.74, 6) is 0.840. The van der Waals surface area contributed by atoms with Crippen LogP contribution in [0.25, 0.3) is 0 Å². The van der Waals surface area contributed by atoms with Crippen LogP contribution in [0.2, 0.25) is 0 Å². The molecule has 7 nitrogen and oxygen atoms in total. The molecule has 1 aromatic carbocycles. The SMILES string of the molecule is CCNC(=NCc1ccccc1CN1CCOCC1)NCC(=O)N1CCCC1. The van der Waals surface area contributed by atoms with Gasteiger partial charge in [0.1, 0.15) is 0 Å². The molecule has 1 amide bonds. The third-order valence-corrected chi connectivity index (χ3v) is 5.23. The third-order valence-electron chi connectivity index (χ3n) is 5.23. The van der Waals surface area contributed by atoms with E-state index in [-0.39, 0.29) is 5.91 Å². The Morgan fingerprint density at radius 1 is 1.07 bits per heavy atom. The van der Waals surface area contributed by atoms with Gasteiger partial charge < -0.3 is 20.3 Å². The second-order valence-electron chi connectivity index (χ2n) is 7.29. The zero-order chi connectivity index (χ0) is 19.6. The van der Waals surface area contributed by atoms with Crippen molar-refractivity contribution in [3.8, 4) is 0 Å². The average molecular weight is 388 g/mol. The molecule has 1 aromatic rings. The monoisotopic (exact) mass is 387 g/mol. The summed E-state index contributed by atoms with van der Waals surface area (Å²) in [5.41, 5.74) is 2.52. The van der Waals surface area contributed by atoms with Gasteiger partial charge >= 0.3 is 0 Å². The van der Waals surface area contributed by atoms with E-state index in [2.05, 4.69) is 39.8 Å². The molecular formula is C21H33N5O2. The van der Waals surface area contributed by atoms with E-state index in [1.165, 1.54) is 11.1 Å².